The second kappa shape index (κ2) is 4.04. The molecule has 7 heteroatoms. The molecule has 0 aliphatic carbocycles. The lowest BCUT2D eigenvalue weighted by molar-refractivity contribution is -0.123. The van der Waals surface area contributed by atoms with E-state index < -0.39 is 24.9 Å². The molecular formula is C7H11F3N2O2. The Morgan fingerprint density at radius 1 is 1.57 bits per heavy atom. The zero-order chi connectivity index (χ0) is 10.8. The Morgan fingerprint density at radius 3 is 2.64 bits per heavy atom. The summed E-state index contributed by atoms with van der Waals surface area (Å²) in [5.74, 6) is 0. The molecule has 1 rings (SSSR count). The highest BCUT2D eigenvalue weighted by Crippen LogP contribution is 2.13. The lowest BCUT2D eigenvalue weighted by Crippen LogP contribution is -2.42. The molecule has 0 radical (unpaired) electrons. The number of alkyl halides is 3. The van der Waals surface area contributed by atoms with Gasteiger partial charge in [0.1, 0.15) is 6.54 Å². The van der Waals surface area contributed by atoms with Crippen LogP contribution in [-0.4, -0.2) is 48.0 Å². The van der Waals surface area contributed by atoms with Crippen molar-refractivity contribution < 1.29 is 23.1 Å². The molecule has 0 unspecified atom stereocenters. The van der Waals surface area contributed by atoms with E-state index in [1.807, 2.05) is 0 Å². The van der Waals surface area contributed by atoms with Gasteiger partial charge in [-0.3, -0.25) is 0 Å². The van der Waals surface area contributed by atoms with E-state index in [1.165, 1.54) is 0 Å². The third-order valence-electron chi connectivity index (χ3n) is 1.89. The van der Waals surface area contributed by atoms with Crippen LogP contribution in [0.2, 0.25) is 0 Å². The molecule has 1 atom stereocenters. The first-order chi connectivity index (χ1) is 6.38. The van der Waals surface area contributed by atoms with E-state index >= 15 is 0 Å². The molecule has 82 valence electrons. The standard InChI is InChI=1S/C7H11F3N2O2/c8-7(9,10)4-11-6(14)12-2-1-5(13)3-12/h5,13H,1-4H2,(H,11,14)/t5-/m1/s1. The number of nitrogens with zero attached hydrogens (tertiary/aromatic N) is 1. The average Bonchev–Trinajstić information content (AvgIpc) is 2.46. The number of likely N-dealkylation sites (tertiary alicyclic amines) is 1. The summed E-state index contributed by atoms with van der Waals surface area (Å²) < 4.78 is 35.1. The SMILES string of the molecule is O=C(NCC(F)(F)F)N1CC[C@@H](O)C1. The molecule has 1 aliphatic rings. The van der Waals surface area contributed by atoms with E-state index in [0.717, 1.165) is 4.90 Å². The van der Waals surface area contributed by atoms with Gasteiger partial charge in [-0.1, -0.05) is 0 Å². The maximum absolute atomic E-state index is 11.7. The molecular weight excluding hydrogens is 201 g/mol. The van der Waals surface area contributed by atoms with Gasteiger partial charge < -0.3 is 15.3 Å². The monoisotopic (exact) mass is 212 g/mol. The van der Waals surface area contributed by atoms with Crippen molar-refractivity contribution in [2.24, 2.45) is 0 Å². The summed E-state index contributed by atoms with van der Waals surface area (Å²) in [7, 11) is 0. The molecule has 1 aliphatic heterocycles. The van der Waals surface area contributed by atoms with Gasteiger partial charge in [0.2, 0.25) is 0 Å². The molecule has 0 aromatic rings. The zero-order valence-electron chi connectivity index (χ0n) is 7.34. The van der Waals surface area contributed by atoms with E-state index in [9.17, 15) is 18.0 Å². The van der Waals surface area contributed by atoms with E-state index in [-0.39, 0.29) is 6.54 Å². The summed E-state index contributed by atoms with van der Waals surface area (Å²) in [5, 5.41) is 10.8. The number of carbonyl (C=O) groups excluding carboxylic acids is 1. The molecule has 1 fully saturated rings. The summed E-state index contributed by atoms with van der Waals surface area (Å²) >= 11 is 0. The Hall–Kier alpha value is -0.980. The van der Waals surface area contributed by atoms with Crippen LogP contribution in [0.4, 0.5) is 18.0 Å². The van der Waals surface area contributed by atoms with Gasteiger partial charge in [0, 0.05) is 13.1 Å². The number of aliphatic hydroxyl groups is 1. The van der Waals surface area contributed by atoms with Crippen molar-refractivity contribution in [3.8, 4) is 0 Å². The van der Waals surface area contributed by atoms with E-state index in [2.05, 4.69) is 0 Å². The summed E-state index contributed by atoms with van der Waals surface area (Å²) in [6.07, 6.45) is -4.60. The molecule has 14 heavy (non-hydrogen) atoms. The van der Waals surface area contributed by atoms with Crippen molar-refractivity contribution in [1.29, 1.82) is 0 Å². The molecule has 2 N–H and O–H groups in total. The lowest BCUT2D eigenvalue weighted by Gasteiger charge is -2.17. The van der Waals surface area contributed by atoms with Crippen LogP contribution in [0.5, 0.6) is 0 Å². The number of nitrogens with one attached hydrogen (secondary N) is 1. The highest BCUT2D eigenvalue weighted by molar-refractivity contribution is 5.74. The molecule has 2 amide bonds. The van der Waals surface area contributed by atoms with Gasteiger partial charge in [-0.05, 0) is 6.42 Å². The Morgan fingerprint density at radius 2 is 2.21 bits per heavy atom. The fourth-order valence-corrected chi connectivity index (χ4v) is 1.21. The molecule has 0 aromatic heterocycles. The van der Waals surface area contributed by atoms with E-state index in [1.54, 1.807) is 5.32 Å². The number of hydrogen-bond acceptors (Lipinski definition) is 2. The second-order valence-corrected chi connectivity index (χ2v) is 3.16. The van der Waals surface area contributed by atoms with E-state index in [4.69, 9.17) is 5.11 Å². The second-order valence-electron chi connectivity index (χ2n) is 3.16. The maximum Gasteiger partial charge on any atom is 0.405 e. The van der Waals surface area contributed by atoms with Crippen LogP contribution >= 0.6 is 0 Å². The first kappa shape index (κ1) is 11.1. The van der Waals surface area contributed by atoms with Crippen LogP contribution in [0.1, 0.15) is 6.42 Å². The number of amides is 2. The normalized spacial score (nSPS) is 22.6. The Kier molecular flexibility index (Phi) is 3.20. The van der Waals surface area contributed by atoms with Crippen LogP contribution in [0, 0.1) is 0 Å². The number of aliphatic hydroxyl groups excluding tert-OH is 1. The van der Waals surface area contributed by atoms with Gasteiger partial charge in [-0.25, -0.2) is 4.79 Å². The minimum Gasteiger partial charge on any atom is -0.391 e. The van der Waals surface area contributed by atoms with Gasteiger partial charge in [0.15, 0.2) is 0 Å². The number of rotatable bonds is 1. The van der Waals surface area contributed by atoms with Gasteiger partial charge >= 0.3 is 12.2 Å². The average molecular weight is 212 g/mol. The molecule has 1 heterocycles. The molecule has 0 aromatic carbocycles. The molecule has 0 bridgehead atoms. The van der Waals surface area contributed by atoms with Crippen LogP contribution < -0.4 is 5.32 Å². The number of β-amino-alcohol motifs (C(OH)–C–C–N with tert-alkyl or cyclic N) is 1. The number of urea groups is 1. The molecule has 4 nitrogen and oxygen atoms in total. The Bertz CT molecular complexity index is 219. The summed E-state index contributed by atoms with van der Waals surface area (Å²) in [4.78, 5) is 12.2. The molecule has 0 spiro atoms. The van der Waals surface area contributed by atoms with Crippen molar-refractivity contribution >= 4 is 6.03 Å². The first-order valence-corrected chi connectivity index (χ1v) is 4.16. The van der Waals surface area contributed by atoms with Crippen molar-refractivity contribution in [1.82, 2.24) is 10.2 Å². The number of hydrogen-bond donors (Lipinski definition) is 2. The van der Waals surface area contributed by atoms with Crippen molar-refractivity contribution in [2.75, 3.05) is 19.6 Å². The largest absolute Gasteiger partial charge is 0.405 e. The Balaban J connectivity index is 2.29. The third-order valence-corrected chi connectivity index (χ3v) is 1.89. The fourth-order valence-electron chi connectivity index (χ4n) is 1.21. The summed E-state index contributed by atoms with van der Waals surface area (Å²) in [5.41, 5.74) is 0. The van der Waals surface area contributed by atoms with E-state index in [0.29, 0.717) is 13.0 Å². The topological polar surface area (TPSA) is 52.6 Å². The summed E-state index contributed by atoms with van der Waals surface area (Å²) in [6.45, 7) is -0.938. The number of carbonyl (C=O) groups is 1. The predicted molar refractivity (Wildman–Crippen MR) is 41.7 cm³/mol. The minimum atomic E-state index is -4.39. The lowest BCUT2D eigenvalue weighted by atomic mass is 10.3. The highest BCUT2D eigenvalue weighted by atomic mass is 19.4. The van der Waals surface area contributed by atoms with Crippen molar-refractivity contribution in [3.63, 3.8) is 0 Å². The van der Waals surface area contributed by atoms with Crippen LogP contribution in [0.25, 0.3) is 0 Å². The van der Waals surface area contributed by atoms with Crippen LogP contribution in [0.3, 0.4) is 0 Å². The smallest absolute Gasteiger partial charge is 0.391 e. The quantitative estimate of drug-likeness (QED) is 0.657. The zero-order valence-corrected chi connectivity index (χ0v) is 7.34. The molecule has 0 saturated carbocycles. The van der Waals surface area contributed by atoms with Crippen LogP contribution in [0.15, 0.2) is 0 Å². The van der Waals surface area contributed by atoms with Gasteiger partial charge in [-0.2, -0.15) is 13.2 Å². The van der Waals surface area contributed by atoms with Crippen molar-refractivity contribution in [2.45, 2.75) is 18.7 Å². The minimum absolute atomic E-state index is 0.101. The number of halogens is 3. The van der Waals surface area contributed by atoms with Crippen molar-refractivity contribution in [3.05, 3.63) is 0 Å². The van der Waals surface area contributed by atoms with Gasteiger partial charge in [0.05, 0.1) is 6.10 Å². The first-order valence-electron chi connectivity index (χ1n) is 4.16. The highest BCUT2D eigenvalue weighted by Gasteiger charge is 2.30. The summed E-state index contributed by atoms with van der Waals surface area (Å²) in [6, 6.07) is -0.779. The third kappa shape index (κ3) is 3.41. The molecule has 1 saturated heterocycles. The predicted octanol–water partition coefficient (Wildman–Crippen LogP) is 0.325. The van der Waals surface area contributed by atoms with Gasteiger partial charge in [-0.15, -0.1) is 0 Å². The van der Waals surface area contributed by atoms with Crippen LogP contribution in [-0.2, 0) is 0 Å². The maximum atomic E-state index is 11.7. The van der Waals surface area contributed by atoms with Gasteiger partial charge in [0.25, 0.3) is 0 Å². The fraction of sp³-hybridized carbons (Fsp3) is 0.857. The Labute approximate surface area is 78.7 Å².